The Hall–Kier alpha value is -0.770. The van der Waals surface area contributed by atoms with Gasteiger partial charge in [-0.05, 0) is 68.5 Å². The van der Waals surface area contributed by atoms with E-state index in [0.29, 0.717) is 5.02 Å². The first-order chi connectivity index (χ1) is 9.11. The van der Waals surface area contributed by atoms with E-state index in [-0.39, 0.29) is 29.6 Å². The Balaban J connectivity index is 0.00000147. The summed E-state index contributed by atoms with van der Waals surface area (Å²) in [6, 6.07) is 5.58. The monoisotopic (exact) mass is 314 g/mol. The molecule has 2 fully saturated rings. The minimum absolute atomic E-state index is 0. The van der Waals surface area contributed by atoms with Crippen LogP contribution in [0, 0.1) is 18.3 Å². The number of benzene rings is 1. The maximum absolute atomic E-state index is 12.3. The molecule has 5 heteroatoms. The molecule has 1 unspecified atom stereocenters. The molecule has 1 heterocycles. The molecule has 1 spiro atoms. The molecule has 0 aromatic heterocycles. The van der Waals surface area contributed by atoms with Gasteiger partial charge in [0.2, 0.25) is 5.91 Å². The molecular weight excluding hydrogens is 295 g/mol. The molecule has 3 rings (SSSR count). The standard InChI is InChI=1S/C15H19ClN2O.ClH/c1-10-8-11(16)2-3-13(10)18-14(19)12-9-15(12)4-6-17-7-5-15;/h2-3,8,12,17H,4-7,9H2,1H3,(H,18,19);1H. The van der Waals surface area contributed by atoms with Crippen molar-refractivity contribution in [2.75, 3.05) is 18.4 Å². The van der Waals surface area contributed by atoms with Gasteiger partial charge in [-0.3, -0.25) is 4.79 Å². The lowest BCUT2D eigenvalue weighted by Gasteiger charge is -2.23. The molecule has 1 atom stereocenters. The van der Waals surface area contributed by atoms with Crippen LogP contribution >= 0.6 is 24.0 Å². The summed E-state index contributed by atoms with van der Waals surface area (Å²) in [7, 11) is 0. The molecule has 1 amide bonds. The van der Waals surface area contributed by atoms with E-state index >= 15 is 0 Å². The lowest BCUT2D eigenvalue weighted by molar-refractivity contribution is -0.118. The first-order valence-electron chi connectivity index (χ1n) is 6.88. The molecule has 3 nitrogen and oxygen atoms in total. The average Bonchev–Trinajstić information content (AvgIpc) is 3.07. The summed E-state index contributed by atoms with van der Waals surface area (Å²) in [6.45, 7) is 4.06. The van der Waals surface area contributed by atoms with Crippen LogP contribution in [0.4, 0.5) is 5.69 Å². The van der Waals surface area contributed by atoms with Gasteiger partial charge in [-0.25, -0.2) is 0 Å². The molecule has 1 saturated carbocycles. The van der Waals surface area contributed by atoms with Crippen LogP contribution in [0.1, 0.15) is 24.8 Å². The number of carbonyl (C=O) groups is 1. The molecule has 2 aliphatic rings. The van der Waals surface area contributed by atoms with Gasteiger partial charge < -0.3 is 10.6 Å². The third-order valence-corrected chi connectivity index (χ3v) is 4.79. The van der Waals surface area contributed by atoms with Gasteiger partial charge in [-0.1, -0.05) is 11.6 Å². The molecule has 110 valence electrons. The third-order valence-electron chi connectivity index (χ3n) is 4.55. The van der Waals surface area contributed by atoms with Crippen LogP contribution in [-0.4, -0.2) is 19.0 Å². The van der Waals surface area contributed by atoms with E-state index in [9.17, 15) is 4.79 Å². The van der Waals surface area contributed by atoms with Crippen molar-refractivity contribution in [2.24, 2.45) is 11.3 Å². The lowest BCUT2D eigenvalue weighted by Crippen LogP contribution is -2.31. The minimum atomic E-state index is 0. The second-order valence-electron chi connectivity index (χ2n) is 5.82. The Morgan fingerprint density at radius 1 is 1.40 bits per heavy atom. The smallest absolute Gasteiger partial charge is 0.228 e. The first-order valence-corrected chi connectivity index (χ1v) is 7.26. The highest BCUT2D eigenvalue weighted by Gasteiger charge is 2.57. The molecule has 1 aromatic rings. The van der Waals surface area contributed by atoms with Crippen molar-refractivity contribution in [1.29, 1.82) is 0 Å². The topological polar surface area (TPSA) is 41.1 Å². The Morgan fingerprint density at radius 2 is 2.10 bits per heavy atom. The van der Waals surface area contributed by atoms with Crippen LogP contribution in [0.15, 0.2) is 18.2 Å². The number of rotatable bonds is 2. The zero-order chi connectivity index (χ0) is 13.5. The summed E-state index contributed by atoms with van der Waals surface area (Å²) in [5.74, 6) is 0.372. The van der Waals surface area contributed by atoms with Gasteiger partial charge in [-0.15, -0.1) is 12.4 Å². The van der Waals surface area contributed by atoms with Crippen molar-refractivity contribution in [2.45, 2.75) is 26.2 Å². The molecule has 1 aromatic carbocycles. The molecule has 1 aliphatic heterocycles. The fourth-order valence-electron chi connectivity index (χ4n) is 3.18. The number of carbonyl (C=O) groups excluding carboxylic acids is 1. The maximum atomic E-state index is 12.3. The van der Waals surface area contributed by atoms with Crippen LogP contribution in [-0.2, 0) is 4.79 Å². The number of nitrogens with one attached hydrogen (secondary N) is 2. The van der Waals surface area contributed by atoms with Gasteiger partial charge in [0.05, 0.1) is 0 Å². The number of aryl methyl sites for hydroxylation is 1. The molecule has 2 N–H and O–H groups in total. The summed E-state index contributed by atoms with van der Waals surface area (Å²) < 4.78 is 0. The summed E-state index contributed by atoms with van der Waals surface area (Å²) >= 11 is 5.93. The second kappa shape index (κ2) is 5.92. The van der Waals surface area contributed by atoms with E-state index in [1.54, 1.807) is 0 Å². The number of hydrogen-bond acceptors (Lipinski definition) is 2. The van der Waals surface area contributed by atoms with E-state index in [1.165, 1.54) is 0 Å². The Bertz CT molecular complexity index is 513. The third kappa shape index (κ3) is 2.95. The number of amides is 1. The van der Waals surface area contributed by atoms with Crippen LogP contribution in [0.3, 0.4) is 0 Å². The van der Waals surface area contributed by atoms with Crippen LogP contribution in [0.25, 0.3) is 0 Å². The maximum Gasteiger partial charge on any atom is 0.228 e. The summed E-state index contributed by atoms with van der Waals surface area (Å²) in [6.07, 6.45) is 3.31. The van der Waals surface area contributed by atoms with Crippen molar-refractivity contribution >= 4 is 35.6 Å². The number of hydrogen-bond donors (Lipinski definition) is 2. The quantitative estimate of drug-likeness (QED) is 0.878. The summed E-state index contributed by atoms with van der Waals surface area (Å²) in [5, 5.41) is 7.12. The van der Waals surface area contributed by atoms with E-state index < -0.39 is 0 Å². The van der Waals surface area contributed by atoms with Crippen molar-refractivity contribution < 1.29 is 4.79 Å². The van der Waals surface area contributed by atoms with Crippen LogP contribution in [0.5, 0.6) is 0 Å². The highest BCUT2D eigenvalue weighted by molar-refractivity contribution is 6.30. The fourth-order valence-corrected chi connectivity index (χ4v) is 3.41. The summed E-state index contributed by atoms with van der Waals surface area (Å²) in [4.78, 5) is 12.3. The Kier molecular flexibility index (Phi) is 4.62. The molecular formula is C15H20Cl2N2O. The number of piperidine rings is 1. The number of halogens is 2. The minimum Gasteiger partial charge on any atom is -0.326 e. The molecule has 1 aliphatic carbocycles. The van der Waals surface area contributed by atoms with E-state index in [2.05, 4.69) is 10.6 Å². The Labute approximate surface area is 130 Å². The van der Waals surface area contributed by atoms with Crippen LogP contribution in [0.2, 0.25) is 5.02 Å². The molecule has 20 heavy (non-hydrogen) atoms. The molecule has 0 bridgehead atoms. The SMILES string of the molecule is Cc1cc(Cl)ccc1NC(=O)C1CC12CCNCC2.Cl. The normalized spacial score (nSPS) is 23.0. The van der Waals surface area contributed by atoms with Gasteiger partial charge in [0.15, 0.2) is 0 Å². The first kappa shape index (κ1) is 15.6. The van der Waals surface area contributed by atoms with Crippen molar-refractivity contribution in [3.05, 3.63) is 28.8 Å². The average molecular weight is 315 g/mol. The Morgan fingerprint density at radius 3 is 2.75 bits per heavy atom. The fraction of sp³-hybridized carbons (Fsp3) is 0.533. The lowest BCUT2D eigenvalue weighted by atomic mass is 9.91. The predicted octanol–water partition coefficient (Wildman–Crippen LogP) is 3.40. The number of anilines is 1. The predicted molar refractivity (Wildman–Crippen MR) is 84.7 cm³/mol. The molecule has 1 saturated heterocycles. The van der Waals surface area contributed by atoms with Gasteiger partial charge >= 0.3 is 0 Å². The highest BCUT2D eigenvalue weighted by Crippen LogP contribution is 2.58. The van der Waals surface area contributed by atoms with Crippen LogP contribution < -0.4 is 10.6 Å². The molecule has 0 radical (unpaired) electrons. The zero-order valence-electron chi connectivity index (χ0n) is 11.5. The van der Waals surface area contributed by atoms with Crippen molar-refractivity contribution in [3.8, 4) is 0 Å². The summed E-state index contributed by atoms with van der Waals surface area (Å²) in [5.41, 5.74) is 2.18. The largest absolute Gasteiger partial charge is 0.326 e. The van der Waals surface area contributed by atoms with Gasteiger partial charge in [0.25, 0.3) is 0 Å². The zero-order valence-corrected chi connectivity index (χ0v) is 13.1. The van der Waals surface area contributed by atoms with Gasteiger partial charge in [-0.2, -0.15) is 0 Å². The van der Waals surface area contributed by atoms with E-state index in [1.807, 2.05) is 25.1 Å². The van der Waals surface area contributed by atoms with E-state index in [0.717, 1.165) is 43.6 Å². The van der Waals surface area contributed by atoms with E-state index in [4.69, 9.17) is 11.6 Å². The highest BCUT2D eigenvalue weighted by atomic mass is 35.5. The van der Waals surface area contributed by atoms with Gasteiger partial charge in [0.1, 0.15) is 0 Å². The van der Waals surface area contributed by atoms with Crippen molar-refractivity contribution in [1.82, 2.24) is 5.32 Å². The van der Waals surface area contributed by atoms with Gasteiger partial charge in [0, 0.05) is 16.6 Å². The van der Waals surface area contributed by atoms with Crippen molar-refractivity contribution in [3.63, 3.8) is 0 Å². The second-order valence-corrected chi connectivity index (χ2v) is 6.25.